The van der Waals surface area contributed by atoms with Crippen LogP contribution in [0.1, 0.15) is 49.9 Å². The summed E-state index contributed by atoms with van der Waals surface area (Å²) in [4.78, 5) is 13.5. The van der Waals surface area contributed by atoms with E-state index < -0.39 is 0 Å². The summed E-state index contributed by atoms with van der Waals surface area (Å²) in [5.41, 5.74) is 0.866. The van der Waals surface area contributed by atoms with Gasteiger partial charge in [0.15, 0.2) is 5.78 Å². The third kappa shape index (κ3) is 4.19. The molecule has 0 heterocycles. The number of thioether (sulfide) groups is 1. The molecule has 0 spiro atoms. The Balaban J connectivity index is 2.71. The van der Waals surface area contributed by atoms with Gasteiger partial charge in [0.2, 0.25) is 0 Å². The van der Waals surface area contributed by atoms with Crippen LogP contribution in [-0.4, -0.2) is 12.0 Å². The summed E-state index contributed by atoms with van der Waals surface area (Å²) in [5.74, 6) is 0.517. The molecule has 2 heteroatoms. The molecule has 0 aliphatic rings. The van der Waals surface area contributed by atoms with Gasteiger partial charge in [-0.2, -0.15) is 0 Å². The van der Waals surface area contributed by atoms with Crippen molar-refractivity contribution in [3.05, 3.63) is 29.8 Å². The second-order valence-corrected chi connectivity index (χ2v) is 5.22. The number of ketones is 1. The molecular formula is C15H22OS. The quantitative estimate of drug-likeness (QED) is 0.510. The molecule has 0 radical (unpaired) electrons. The van der Waals surface area contributed by atoms with Gasteiger partial charge in [0, 0.05) is 16.4 Å². The van der Waals surface area contributed by atoms with Crippen LogP contribution in [0.15, 0.2) is 29.2 Å². The van der Waals surface area contributed by atoms with Gasteiger partial charge in [0.1, 0.15) is 0 Å². The fraction of sp³-hybridized carbons (Fsp3) is 0.533. The first-order valence-corrected chi connectivity index (χ1v) is 7.63. The van der Waals surface area contributed by atoms with Gasteiger partial charge in [-0.1, -0.05) is 38.8 Å². The first kappa shape index (κ1) is 14.3. The summed E-state index contributed by atoms with van der Waals surface area (Å²) in [5, 5.41) is 0. The van der Waals surface area contributed by atoms with Crippen molar-refractivity contribution in [2.24, 2.45) is 5.92 Å². The standard InChI is InChI=1S/C15H22OS/c1-4-6-7-12(5-2)15(16)13-8-10-14(17-3)11-9-13/h8-12H,4-7H2,1-3H3. The minimum Gasteiger partial charge on any atom is -0.294 e. The highest BCUT2D eigenvalue weighted by Crippen LogP contribution is 2.21. The molecule has 0 fully saturated rings. The zero-order valence-corrected chi connectivity index (χ0v) is 11.8. The van der Waals surface area contributed by atoms with Crippen molar-refractivity contribution in [2.75, 3.05) is 6.26 Å². The van der Waals surface area contributed by atoms with Gasteiger partial charge in [-0.3, -0.25) is 4.79 Å². The Bertz CT molecular complexity index is 342. The summed E-state index contributed by atoms with van der Waals surface area (Å²) in [7, 11) is 0. The normalized spacial score (nSPS) is 12.4. The Labute approximate surface area is 109 Å². The molecule has 1 rings (SSSR count). The van der Waals surface area contributed by atoms with Gasteiger partial charge in [-0.05, 0) is 31.2 Å². The predicted octanol–water partition coefficient (Wildman–Crippen LogP) is 4.81. The third-order valence-corrected chi connectivity index (χ3v) is 3.89. The molecule has 0 saturated heterocycles. The number of rotatable bonds is 7. The van der Waals surface area contributed by atoms with Crippen LogP contribution in [0.5, 0.6) is 0 Å². The van der Waals surface area contributed by atoms with E-state index in [-0.39, 0.29) is 5.92 Å². The Morgan fingerprint density at radius 3 is 2.35 bits per heavy atom. The molecule has 1 unspecified atom stereocenters. The first-order chi connectivity index (χ1) is 8.22. The predicted molar refractivity (Wildman–Crippen MR) is 75.9 cm³/mol. The monoisotopic (exact) mass is 250 g/mol. The van der Waals surface area contributed by atoms with Crippen LogP contribution in [0.3, 0.4) is 0 Å². The van der Waals surface area contributed by atoms with E-state index in [0.29, 0.717) is 5.78 Å². The van der Waals surface area contributed by atoms with Crippen LogP contribution in [0.25, 0.3) is 0 Å². The van der Waals surface area contributed by atoms with Gasteiger partial charge in [0.05, 0.1) is 0 Å². The van der Waals surface area contributed by atoms with Gasteiger partial charge in [-0.25, -0.2) is 0 Å². The second-order valence-electron chi connectivity index (χ2n) is 4.34. The van der Waals surface area contributed by atoms with Crippen molar-refractivity contribution in [3.8, 4) is 0 Å². The average molecular weight is 250 g/mol. The third-order valence-electron chi connectivity index (χ3n) is 3.14. The highest BCUT2D eigenvalue weighted by Gasteiger charge is 2.17. The fourth-order valence-electron chi connectivity index (χ4n) is 1.96. The summed E-state index contributed by atoms with van der Waals surface area (Å²) < 4.78 is 0. The lowest BCUT2D eigenvalue weighted by Gasteiger charge is -2.13. The SMILES string of the molecule is CCCCC(CC)C(=O)c1ccc(SC)cc1. The number of carbonyl (C=O) groups excluding carboxylic acids is 1. The van der Waals surface area contributed by atoms with Crippen molar-refractivity contribution < 1.29 is 4.79 Å². The molecule has 0 N–H and O–H groups in total. The molecule has 0 aliphatic carbocycles. The van der Waals surface area contributed by atoms with Crippen LogP contribution in [0, 0.1) is 5.92 Å². The van der Waals surface area contributed by atoms with Crippen molar-refractivity contribution in [1.82, 2.24) is 0 Å². The van der Waals surface area contributed by atoms with Crippen LogP contribution in [-0.2, 0) is 0 Å². The van der Waals surface area contributed by atoms with Crippen molar-refractivity contribution in [1.29, 1.82) is 0 Å². The smallest absolute Gasteiger partial charge is 0.165 e. The molecular weight excluding hydrogens is 228 g/mol. The van der Waals surface area contributed by atoms with Crippen LogP contribution in [0.4, 0.5) is 0 Å². The maximum atomic E-state index is 12.3. The topological polar surface area (TPSA) is 17.1 Å². The maximum absolute atomic E-state index is 12.3. The van der Waals surface area contributed by atoms with E-state index in [2.05, 4.69) is 13.8 Å². The highest BCUT2D eigenvalue weighted by molar-refractivity contribution is 7.98. The zero-order chi connectivity index (χ0) is 12.7. The molecule has 17 heavy (non-hydrogen) atoms. The molecule has 0 saturated carbocycles. The number of carbonyl (C=O) groups is 1. The van der Waals surface area contributed by atoms with Crippen molar-refractivity contribution in [3.63, 3.8) is 0 Å². The molecule has 1 atom stereocenters. The van der Waals surface area contributed by atoms with Crippen LogP contribution < -0.4 is 0 Å². The summed E-state index contributed by atoms with van der Waals surface area (Å²) in [6.45, 7) is 4.28. The lowest BCUT2D eigenvalue weighted by Crippen LogP contribution is -2.13. The molecule has 1 aromatic rings. The molecule has 1 aromatic carbocycles. The lowest BCUT2D eigenvalue weighted by atomic mass is 9.91. The van der Waals surface area contributed by atoms with E-state index in [1.165, 1.54) is 4.90 Å². The Morgan fingerprint density at radius 1 is 1.24 bits per heavy atom. The Kier molecular flexibility index (Phi) is 6.35. The molecule has 0 aromatic heterocycles. The second kappa shape index (κ2) is 7.54. The first-order valence-electron chi connectivity index (χ1n) is 6.41. The lowest BCUT2D eigenvalue weighted by molar-refractivity contribution is 0.0908. The summed E-state index contributed by atoms with van der Waals surface area (Å²) in [6.07, 6.45) is 6.33. The van der Waals surface area contributed by atoms with E-state index in [9.17, 15) is 4.79 Å². The van der Waals surface area contributed by atoms with Gasteiger partial charge >= 0.3 is 0 Å². The number of hydrogen-bond donors (Lipinski definition) is 0. The maximum Gasteiger partial charge on any atom is 0.165 e. The molecule has 1 nitrogen and oxygen atoms in total. The molecule has 0 aliphatic heterocycles. The van der Waals surface area contributed by atoms with Gasteiger partial charge < -0.3 is 0 Å². The van der Waals surface area contributed by atoms with Crippen LogP contribution in [0.2, 0.25) is 0 Å². The van der Waals surface area contributed by atoms with Gasteiger partial charge in [0.25, 0.3) is 0 Å². The van der Waals surface area contributed by atoms with E-state index in [1.54, 1.807) is 11.8 Å². The minimum atomic E-state index is 0.204. The van der Waals surface area contributed by atoms with E-state index >= 15 is 0 Å². The molecule has 0 bridgehead atoms. The largest absolute Gasteiger partial charge is 0.294 e. The zero-order valence-electron chi connectivity index (χ0n) is 11.0. The number of hydrogen-bond acceptors (Lipinski definition) is 2. The molecule has 0 amide bonds. The summed E-state index contributed by atoms with van der Waals surface area (Å²) in [6, 6.07) is 7.99. The van der Waals surface area contributed by atoms with E-state index in [1.807, 2.05) is 30.5 Å². The van der Waals surface area contributed by atoms with E-state index in [0.717, 1.165) is 31.2 Å². The average Bonchev–Trinajstić information content (AvgIpc) is 2.39. The fourth-order valence-corrected chi connectivity index (χ4v) is 2.37. The van der Waals surface area contributed by atoms with Gasteiger partial charge in [-0.15, -0.1) is 11.8 Å². The minimum absolute atomic E-state index is 0.204. The molecule has 94 valence electrons. The Hall–Kier alpha value is -0.760. The Morgan fingerprint density at radius 2 is 1.88 bits per heavy atom. The number of unbranched alkanes of at least 4 members (excludes halogenated alkanes) is 1. The van der Waals surface area contributed by atoms with Crippen molar-refractivity contribution >= 4 is 17.5 Å². The van der Waals surface area contributed by atoms with Crippen molar-refractivity contribution in [2.45, 2.75) is 44.4 Å². The summed E-state index contributed by atoms with van der Waals surface area (Å²) >= 11 is 1.71. The number of benzene rings is 1. The van der Waals surface area contributed by atoms with Crippen LogP contribution >= 0.6 is 11.8 Å². The highest BCUT2D eigenvalue weighted by atomic mass is 32.2. The van der Waals surface area contributed by atoms with E-state index in [4.69, 9.17) is 0 Å². The number of Topliss-reactive ketones (excluding diaryl/α,β-unsaturated/α-hetero) is 1.